The highest BCUT2D eigenvalue weighted by Gasteiger charge is 2.27. The van der Waals surface area contributed by atoms with Gasteiger partial charge in [-0.15, -0.1) is 0 Å². The summed E-state index contributed by atoms with van der Waals surface area (Å²) in [6.45, 7) is 3.20. The summed E-state index contributed by atoms with van der Waals surface area (Å²) in [6.07, 6.45) is 5.14. The number of halogens is 2. The van der Waals surface area contributed by atoms with Gasteiger partial charge in [0.15, 0.2) is 11.6 Å². The van der Waals surface area contributed by atoms with Crippen molar-refractivity contribution in [3.63, 3.8) is 0 Å². The second kappa shape index (κ2) is 5.98. The summed E-state index contributed by atoms with van der Waals surface area (Å²) < 4.78 is 27.8. The average molecular weight is 291 g/mol. The number of anilines is 1. The van der Waals surface area contributed by atoms with Crippen molar-refractivity contribution < 1.29 is 8.78 Å². The van der Waals surface area contributed by atoms with Gasteiger partial charge in [-0.05, 0) is 25.0 Å². The minimum atomic E-state index is -1.03. The maximum Gasteiger partial charge on any atom is 0.183 e. The van der Waals surface area contributed by atoms with Crippen LogP contribution in [0.5, 0.6) is 0 Å². The molecule has 1 saturated heterocycles. The van der Waals surface area contributed by atoms with E-state index in [1.807, 2.05) is 4.90 Å². The molecule has 0 atom stereocenters. The summed E-state index contributed by atoms with van der Waals surface area (Å²) in [4.78, 5) is 4.35. The Balaban J connectivity index is 1.69. The number of benzene rings is 1. The minimum Gasteiger partial charge on any atom is -0.367 e. The Kier molecular flexibility index (Phi) is 4.07. The van der Waals surface area contributed by atoms with Crippen molar-refractivity contribution in [1.29, 1.82) is 5.26 Å². The molecule has 0 amide bonds. The Hall–Kier alpha value is -1.67. The zero-order chi connectivity index (χ0) is 14.8. The quantitative estimate of drug-likeness (QED) is 0.839. The van der Waals surface area contributed by atoms with E-state index in [1.54, 1.807) is 6.07 Å². The fraction of sp³-hybridized carbons (Fsp3) is 0.562. The fourth-order valence-corrected chi connectivity index (χ4v) is 3.47. The van der Waals surface area contributed by atoms with E-state index in [0.717, 1.165) is 13.1 Å². The molecule has 0 radical (unpaired) electrons. The van der Waals surface area contributed by atoms with Crippen molar-refractivity contribution >= 4 is 5.69 Å². The summed E-state index contributed by atoms with van der Waals surface area (Å²) in [5.74, 6) is -1.93. The van der Waals surface area contributed by atoms with Crippen LogP contribution in [0, 0.1) is 23.0 Å². The lowest BCUT2D eigenvalue weighted by atomic mass is 10.1. The standard InChI is InChI=1S/C16H19F2N3/c17-15-12(11-19)5-6-14(16(15)18)21-9-7-20(8-10-21)13-3-1-2-4-13/h5-6,13H,1-4,7-10H2. The van der Waals surface area contributed by atoms with Gasteiger partial charge in [-0.2, -0.15) is 5.26 Å². The first-order chi connectivity index (χ1) is 10.2. The van der Waals surface area contributed by atoms with Crippen molar-refractivity contribution in [1.82, 2.24) is 4.90 Å². The van der Waals surface area contributed by atoms with Crippen LogP contribution in [0.3, 0.4) is 0 Å². The molecule has 3 nitrogen and oxygen atoms in total. The highest BCUT2D eigenvalue weighted by atomic mass is 19.2. The topological polar surface area (TPSA) is 30.3 Å². The number of piperazine rings is 1. The summed E-state index contributed by atoms with van der Waals surface area (Å²) in [5, 5.41) is 8.72. The molecule has 1 aliphatic heterocycles. The maximum absolute atomic E-state index is 14.1. The van der Waals surface area contributed by atoms with E-state index in [2.05, 4.69) is 4.90 Å². The first-order valence-electron chi connectivity index (χ1n) is 7.58. The third-order valence-electron chi connectivity index (χ3n) is 4.68. The van der Waals surface area contributed by atoms with E-state index < -0.39 is 11.6 Å². The number of nitrogens with zero attached hydrogens (tertiary/aromatic N) is 3. The Morgan fingerprint density at radius 2 is 1.67 bits per heavy atom. The molecule has 0 unspecified atom stereocenters. The lowest BCUT2D eigenvalue weighted by molar-refractivity contribution is 0.187. The number of hydrogen-bond acceptors (Lipinski definition) is 3. The molecule has 21 heavy (non-hydrogen) atoms. The lowest BCUT2D eigenvalue weighted by Crippen LogP contribution is -2.50. The normalized spacial score (nSPS) is 20.7. The first kappa shape index (κ1) is 14.3. The Morgan fingerprint density at radius 1 is 1.00 bits per heavy atom. The van der Waals surface area contributed by atoms with Gasteiger partial charge < -0.3 is 4.90 Å². The molecule has 1 heterocycles. The highest BCUT2D eigenvalue weighted by molar-refractivity contribution is 5.52. The zero-order valence-corrected chi connectivity index (χ0v) is 12.0. The largest absolute Gasteiger partial charge is 0.367 e. The van der Waals surface area contributed by atoms with E-state index in [4.69, 9.17) is 5.26 Å². The third-order valence-corrected chi connectivity index (χ3v) is 4.68. The molecule has 1 aromatic carbocycles. The van der Waals surface area contributed by atoms with Gasteiger partial charge in [0.2, 0.25) is 0 Å². The Labute approximate surface area is 123 Å². The predicted molar refractivity (Wildman–Crippen MR) is 77.1 cm³/mol. The number of hydrogen-bond donors (Lipinski definition) is 0. The monoisotopic (exact) mass is 291 g/mol. The molecule has 0 bridgehead atoms. The first-order valence-corrected chi connectivity index (χ1v) is 7.58. The molecular formula is C16H19F2N3. The predicted octanol–water partition coefficient (Wildman–Crippen LogP) is 2.90. The summed E-state index contributed by atoms with van der Waals surface area (Å²) >= 11 is 0. The molecule has 1 aromatic rings. The van der Waals surface area contributed by atoms with Crippen molar-refractivity contribution in [2.45, 2.75) is 31.7 Å². The minimum absolute atomic E-state index is 0.235. The molecule has 2 fully saturated rings. The van der Waals surface area contributed by atoms with Crippen LogP contribution in [0.25, 0.3) is 0 Å². The molecule has 2 aliphatic rings. The second-order valence-corrected chi connectivity index (χ2v) is 5.83. The van der Waals surface area contributed by atoms with Crippen LogP contribution >= 0.6 is 0 Å². The van der Waals surface area contributed by atoms with Crippen LogP contribution in [-0.2, 0) is 0 Å². The van der Waals surface area contributed by atoms with Gasteiger partial charge in [-0.3, -0.25) is 4.90 Å². The average Bonchev–Trinajstić information content (AvgIpc) is 3.05. The van der Waals surface area contributed by atoms with Gasteiger partial charge in [-0.1, -0.05) is 12.8 Å². The smallest absolute Gasteiger partial charge is 0.183 e. The Bertz CT molecular complexity index is 553. The summed E-state index contributed by atoms with van der Waals surface area (Å²) in [6, 6.07) is 5.22. The van der Waals surface area contributed by atoms with Gasteiger partial charge in [0, 0.05) is 32.2 Å². The van der Waals surface area contributed by atoms with Crippen LogP contribution in [-0.4, -0.2) is 37.1 Å². The van der Waals surface area contributed by atoms with Crippen LogP contribution in [0.15, 0.2) is 12.1 Å². The summed E-state index contributed by atoms with van der Waals surface area (Å²) in [5.41, 5.74) is 0.0402. The molecule has 0 N–H and O–H groups in total. The van der Waals surface area contributed by atoms with E-state index in [0.29, 0.717) is 19.1 Å². The van der Waals surface area contributed by atoms with Crippen molar-refractivity contribution in [2.75, 3.05) is 31.1 Å². The van der Waals surface area contributed by atoms with Gasteiger partial charge in [0.25, 0.3) is 0 Å². The van der Waals surface area contributed by atoms with Crippen LogP contribution in [0.4, 0.5) is 14.5 Å². The van der Waals surface area contributed by atoms with E-state index >= 15 is 0 Å². The molecule has 112 valence electrons. The number of rotatable bonds is 2. The molecule has 1 aliphatic carbocycles. The van der Waals surface area contributed by atoms with E-state index in [9.17, 15) is 8.78 Å². The molecule has 5 heteroatoms. The molecular weight excluding hydrogens is 272 g/mol. The SMILES string of the molecule is N#Cc1ccc(N2CCN(C3CCCC3)CC2)c(F)c1F. The van der Waals surface area contributed by atoms with Gasteiger partial charge >= 0.3 is 0 Å². The van der Waals surface area contributed by atoms with Gasteiger partial charge in [0.1, 0.15) is 6.07 Å². The van der Waals surface area contributed by atoms with E-state index in [1.165, 1.54) is 37.8 Å². The van der Waals surface area contributed by atoms with E-state index in [-0.39, 0.29) is 11.3 Å². The number of nitriles is 1. The fourth-order valence-electron chi connectivity index (χ4n) is 3.47. The Morgan fingerprint density at radius 3 is 2.29 bits per heavy atom. The van der Waals surface area contributed by atoms with Crippen LogP contribution in [0.1, 0.15) is 31.2 Å². The maximum atomic E-state index is 14.1. The molecule has 3 rings (SSSR count). The van der Waals surface area contributed by atoms with Gasteiger partial charge in [0.05, 0.1) is 11.3 Å². The summed E-state index contributed by atoms with van der Waals surface area (Å²) in [7, 11) is 0. The van der Waals surface area contributed by atoms with Crippen molar-refractivity contribution in [3.8, 4) is 6.07 Å². The van der Waals surface area contributed by atoms with Crippen molar-refractivity contribution in [3.05, 3.63) is 29.3 Å². The second-order valence-electron chi connectivity index (χ2n) is 5.83. The molecule has 0 aromatic heterocycles. The highest BCUT2D eigenvalue weighted by Crippen LogP contribution is 2.28. The zero-order valence-electron chi connectivity index (χ0n) is 12.0. The van der Waals surface area contributed by atoms with Crippen molar-refractivity contribution in [2.24, 2.45) is 0 Å². The lowest BCUT2D eigenvalue weighted by Gasteiger charge is -2.39. The third kappa shape index (κ3) is 2.73. The molecule has 0 spiro atoms. The molecule has 1 saturated carbocycles. The van der Waals surface area contributed by atoms with Crippen LogP contribution in [0.2, 0.25) is 0 Å². The van der Waals surface area contributed by atoms with Gasteiger partial charge in [-0.25, -0.2) is 8.78 Å². The van der Waals surface area contributed by atoms with Crippen LogP contribution < -0.4 is 4.90 Å².